The average molecular weight is 226 g/mol. The Morgan fingerprint density at radius 1 is 1.62 bits per heavy atom. The summed E-state index contributed by atoms with van der Waals surface area (Å²) in [6.45, 7) is 6.29. The van der Waals surface area contributed by atoms with Gasteiger partial charge in [0.05, 0.1) is 7.11 Å². The Hall–Kier alpha value is -1.52. The molecule has 0 unspecified atom stereocenters. The van der Waals surface area contributed by atoms with E-state index >= 15 is 0 Å². The highest BCUT2D eigenvalue weighted by atomic mass is 16.5. The lowest BCUT2D eigenvalue weighted by atomic mass is 10.2. The van der Waals surface area contributed by atoms with E-state index in [1.807, 2.05) is 6.92 Å². The molecule has 1 aliphatic heterocycles. The van der Waals surface area contributed by atoms with Crippen molar-refractivity contribution in [1.82, 2.24) is 10.2 Å². The maximum atomic E-state index is 12.0. The van der Waals surface area contributed by atoms with Crippen LogP contribution in [0.5, 0.6) is 0 Å². The van der Waals surface area contributed by atoms with E-state index in [-0.39, 0.29) is 11.9 Å². The van der Waals surface area contributed by atoms with Gasteiger partial charge in [-0.1, -0.05) is 6.08 Å². The molecule has 0 bridgehead atoms. The number of hydrogen-bond acceptors (Lipinski definition) is 3. The Kier molecular flexibility index (Phi) is 4.34. The van der Waals surface area contributed by atoms with Crippen molar-refractivity contribution >= 4 is 12.0 Å². The van der Waals surface area contributed by atoms with E-state index in [1.165, 1.54) is 13.2 Å². The zero-order valence-corrected chi connectivity index (χ0v) is 9.73. The van der Waals surface area contributed by atoms with Gasteiger partial charge in [0.1, 0.15) is 6.04 Å². The van der Waals surface area contributed by atoms with Gasteiger partial charge in [-0.3, -0.25) is 4.79 Å². The quantitative estimate of drug-likeness (QED) is 0.728. The van der Waals surface area contributed by atoms with Crippen LogP contribution in [0.2, 0.25) is 0 Å². The van der Waals surface area contributed by atoms with Gasteiger partial charge in [0.25, 0.3) is 0 Å². The Morgan fingerprint density at radius 2 is 2.31 bits per heavy atom. The molecular weight excluding hydrogens is 208 g/mol. The lowest BCUT2D eigenvalue weighted by Crippen LogP contribution is -2.48. The maximum absolute atomic E-state index is 12.0. The number of alkyl carbamates (subject to hydrolysis) is 1. The number of hydrogen-bond donors (Lipinski definition) is 1. The normalized spacial score (nSPS) is 21.4. The second-order valence-electron chi connectivity index (χ2n) is 3.87. The third kappa shape index (κ3) is 2.74. The highest BCUT2D eigenvalue weighted by molar-refractivity contribution is 5.87. The zero-order valence-electron chi connectivity index (χ0n) is 9.73. The fourth-order valence-electron chi connectivity index (χ4n) is 1.85. The van der Waals surface area contributed by atoms with Gasteiger partial charge in [-0.2, -0.15) is 0 Å². The summed E-state index contributed by atoms with van der Waals surface area (Å²) < 4.78 is 4.45. The van der Waals surface area contributed by atoms with Crippen LogP contribution in [0.1, 0.15) is 19.8 Å². The largest absolute Gasteiger partial charge is 0.453 e. The minimum absolute atomic E-state index is 0.120. The molecule has 1 saturated heterocycles. The maximum Gasteiger partial charge on any atom is 0.407 e. The summed E-state index contributed by atoms with van der Waals surface area (Å²) >= 11 is 0. The number of carbonyl (C=O) groups excluding carboxylic acids is 2. The van der Waals surface area contributed by atoms with Crippen LogP contribution in [0.15, 0.2) is 12.7 Å². The van der Waals surface area contributed by atoms with Crippen molar-refractivity contribution in [3.63, 3.8) is 0 Å². The smallest absolute Gasteiger partial charge is 0.407 e. The van der Waals surface area contributed by atoms with Crippen LogP contribution in [0.4, 0.5) is 4.79 Å². The lowest BCUT2D eigenvalue weighted by molar-refractivity contribution is -0.132. The summed E-state index contributed by atoms with van der Waals surface area (Å²) in [6, 6.07) is -0.470. The SMILES string of the molecule is C=C[C@H](NC(=O)OC)C(=O)N1CCC[C@H]1C. The molecule has 0 radical (unpaired) electrons. The fourth-order valence-corrected chi connectivity index (χ4v) is 1.85. The number of likely N-dealkylation sites (tertiary alicyclic amines) is 1. The Labute approximate surface area is 95.4 Å². The number of carbonyl (C=O) groups is 2. The number of rotatable bonds is 3. The molecular formula is C11H18N2O3. The predicted molar refractivity (Wildman–Crippen MR) is 59.9 cm³/mol. The van der Waals surface area contributed by atoms with Gasteiger partial charge < -0.3 is 15.0 Å². The summed E-state index contributed by atoms with van der Waals surface area (Å²) in [5, 5.41) is 2.44. The van der Waals surface area contributed by atoms with Gasteiger partial charge in [0.2, 0.25) is 5.91 Å². The second-order valence-corrected chi connectivity index (χ2v) is 3.87. The van der Waals surface area contributed by atoms with Crippen LogP contribution in [0, 0.1) is 0 Å². The van der Waals surface area contributed by atoms with Crippen molar-refractivity contribution in [3.05, 3.63) is 12.7 Å². The van der Waals surface area contributed by atoms with Crippen molar-refractivity contribution in [2.45, 2.75) is 31.8 Å². The van der Waals surface area contributed by atoms with Gasteiger partial charge in [0.15, 0.2) is 0 Å². The van der Waals surface area contributed by atoms with E-state index in [4.69, 9.17) is 0 Å². The Morgan fingerprint density at radius 3 is 2.75 bits per heavy atom. The monoisotopic (exact) mass is 226 g/mol. The molecule has 1 fully saturated rings. The molecule has 0 aromatic heterocycles. The first-order valence-electron chi connectivity index (χ1n) is 5.37. The molecule has 16 heavy (non-hydrogen) atoms. The van der Waals surface area contributed by atoms with Crippen LogP contribution in [0.3, 0.4) is 0 Å². The standard InChI is InChI=1S/C11H18N2O3/c1-4-9(12-11(15)16-3)10(14)13-7-5-6-8(13)2/h4,8-9H,1,5-7H2,2-3H3,(H,12,15)/t8-,9+/m1/s1. The summed E-state index contributed by atoms with van der Waals surface area (Å²) in [7, 11) is 1.26. The van der Waals surface area contributed by atoms with Gasteiger partial charge in [0, 0.05) is 12.6 Å². The second kappa shape index (κ2) is 5.53. The van der Waals surface area contributed by atoms with Gasteiger partial charge in [-0.25, -0.2) is 4.79 Å². The third-order valence-corrected chi connectivity index (χ3v) is 2.80. The van der Waals surface area contributed by atoms with Crippen molar-refractivity contribution in [2.24, 2.45) is 0 Å². The van der Waals surface area contributed by atoms with E-state index in [1.54, 1.807) is 4.90 Å². The topological polar surface area (TPSA) is 58.6 Å². The van der Waals surface area contributed by atoms with Crippen LogP contribution in [-0.4, -0.2) is 42.6 Å². The minimum Gasteiger partial charge on any atom is -0.453 e. The number of nitrogens with zero attached hydrogens (tertiary/aromatic N) is 1. The first kappa shape index (κ1) is 12.5. The highest BCUT2D eigenvalue weighted by Gasteiger charge is 2.30. The molecule has 90 valence electrons. The number of ether oxygens (including phenoxy) is 1. The molecule has 0 aromatic carbocycles. The first-order valence-corrected chi connectivity index (χ1v) is 5.37. The summed E-state index contributed by atoms with van der Waals surface area (Å²) in [6.07, 6.45) is 2.82. The summed E-state index contributed by atoms with van der Waals surface area (Å²) in [5.41, 5.74) is 0. The predicted octanol–water partition coefficient (Wildman–Crippen LogP) is 0.908. The van der Waals surface area contributed by atoms with Gasteiger partial charge in [-0.05, 0) is 19.8 Å². The molecule has 2 atom stereocenters. The average Bonchev–Trinajstić information content (AvgIpc) is 2.71. The van der Waals surface area contributed by atoms with E-state index < -0.39 is 12.1 Å². The van der Waals surface area contributed by atoms with Crippen LogP contribution in [0.25, 0.3) is 0 Å². The van der Waals surface area contributed by atoms with Gasteiger partial charge in [-0.15, -0.1) is 6.58 Å². The van der Waals surface area contributed by atoms with Crippen molar-refractivity contribution in [2.75, 3.05) is 13.7 Å². The molecule has 5 nitrogen and oxygen atoms in total. The number of amides is 2. The number of nitrogens with one attached hydrogen (secondary N) is 1. The van der Waals surface area contributed by atoms with Crippen molar-refractivity contribution < 1.29 is 14.3 Å². The molecule has 1 N–H and O–H groups in total. The zero-order chi connectivity index (χ0) is 12.1. The van der Waals surface area contributed by atoms with Crippen molar-refractivity contribution in [3.8, 4) is 0 Å². The molecule has 0 aliphatic carbocycles. The highest BCUT2D eigenvalue weighted by Crippen LogP contribution is 2.17. The van der Waals surface area contributed by atoms with Crippen LogP contribution < -0.4 is 5.32 Å². The van der Waals surface area contributed by atoms with E-state index in [0.29, 0.717) is 0 Å². The van der Waals surface area contributed by atoms with Crippen LogP contribution >= 0.6 is 0 Å². The molecule has 2 amide bonds. The Bertz CT molecular complexity index is 291. The van der Waals surface area contributed by atoms with Crippen LogP contribution in [-0.2, 0) is 9.53 Å². The third-order valence-electron chi connectivity index (χ3n) is 2.80. The molecule has 1 aliphatic rings. The Balaban J connectivity index is 2.61. The minimum atomic E-state index is -0.701. The fraction of sp³-hybridized carbons (Fsp3) is 0.636. The molecule has 1 heterocycles. The van der Waals surface area contributed by atoms with Crippen molar-refractivity contribution in [1.29, 1.82) is 0 Å². The molecule has 0 aromatic rings. The molecule has 5 heteroatoms. The summed E-state index contributed by atoms with van der Waals surface area (Å²) in [5.74, 6) is -0.120. The molecule has 0 spiro atoms. The van der Waals surface area contributed by atoms with E-state index in [0.717, 1.165) is 19.4 Å². The van der Waals surface area contributed by atoms with E-state index in [2.05, 4.69) is 16.6 Å². The molecule has 0 saturated carbocycles. The first-order chi connectivity index (χ1) is 7.60. The number of methoxy groups -OCH3 is 1. The summed E-state index contributed by atoms with van der Waals surface area (Å²) in [4.78, 5) is 24.8. The lowest BCUT2D eigenvalue weighted by Gasteiger charge is -2.25. The molecule has 1 rings (SSSR count). The van der Waals surface area contributed by atoms with Gasteiger partial charge >= 0.3 is 6.09 Å². The van der Waals surface area contributed by atoms with E-state index in [9.17, 15) is 9.59 Å².